The predicted molar refractivity (Wildman–Crippen MR) is 76.9 cm³/mol. The van der Waals surface area contributed by atoms with Gasteiger partial charge in [0.15, 0.2) is 9.84 Å². The molecule has 0 aliphatic rings. The van der Waals surface area contributed by atoms with Gasteiger partial charge in [-0.25, -0.2) is 13.4 Å². The Morgan fingerprint density at radius 3 is 2.53 bits per heavy atom. The molecule has 1 N–H and O–H groups in total. The molecule has 1 aromatic carbocycles. The number of sulfone groups is 1. The van der Waals surface area contributed by atoms with Crippen LogP contribution in [0.5, 0.6) is 0 Å². The van der Waals surface area contributed by atoms with Crippen molar-refractivity contribution in [1.29, 1.82) is 0 Å². The van der Waals surface area contributed by atoms with Gasteiger partial charge in [0.25, 0.3) is 0 Å². The minimum atomic E-state index is -3.12. The van der Waals surface area contributed by atoms with Crippen molar-refractivity contribution in [2.45, 2.75) is 24.4 Å². The summed E-state index contributed by atoms with van der Waals surface area (Å²) in [7, 11) is -3.12. The van der Waals surface area contributed by atoms with Crippen LogP contribution in [0, 0.1) is 0 Å². The minimum Gasteiger partial charge on any atom is -0.305 e. The Kier molecular flexibility index (Phi) is 4.34. The zero-order valence-electron chi connectivity index (χ0n) is 10.8. The summed E-state index contributed by atoms with van der Waals surface area (Å²) >= 11 is 1.58. The van der Waals surface area contributed by atoms with E-state index in [9.17, 15) is 8.42 Å². The van der Waals surface area contributed by atoms with Crippen LogP contribution in [0.2, 0.25) is 0 Å². The molecule has 0 aliphatic heterocycles. The Labute approximate surface area is 117 Å². The highest BCUT2D eigenvalue weighted by molar-refractivity contribution is 7.90. The first kappa shape index (κ1) is 14.2. The summed E-state index contributed by atoms with van der Waals surface area (Å²) in [4.78, 5) is 4.60. The number of thiazole rings is 1. The van der Waals surface area contributed by atoms with E-state index in [2.05, 4.69) is 17.2 Å². The number of hydrogen-bond donors (Lipinski definition) is 1. The van der Waals surface area contributed by atoms with E-state index >= 15 is 0 Å². The van der Waals surface area contributed by atoms with Gasteiger partial charge >= 0.3 is 0 Å². The second kappa shape index (κ2) is 5.81. The van der Waals surface area contributed by atoms with Gasteiger partial charge in [0.1, 0.15) is 0 Å². The summed E-state index contributed by atoms with van der Waals surface area (Å²) in [5.41, 5.74) is 3.89. The Bertz CT molecular complexity index is 619. The number of hydrogen-bond acceptors (Lipinski definition) is 5. The molecule has 0 amide bonds. The summed E-state index contributed by atoms with van der Waals surface area (Å²) in [6, 6.07) is 7.12. The van der Waals surface area contributed by atoms with Gasteiger partial charge in [-0.05, 0) is 24.6 Å². The first-order chi connectivity index (χ1) is 8.97. The maximum absolute atomic E-state index is 11.3. The van der Waals surface area contributed by atoms with Gasteiger partial charge in [-0.15, -0.1) is 11.3 Å². The Balaban J connectivity index is 1.97. The lowest BCUT2D eigenvalue weighted by Crippen LogP contribution is -2.18. The SMILES string of the molecule is CC(NCc1ccc(S(C)(=O)=O)cc1)c1cscn1. The topological polar surface area (TPSA) is 59.1 Å². The van der Waals surface area contributed by atoms with Crippen LogP contribution in [0.25, 0.3) is 0 Å². The fourth-order valence-electron chi connectivity index (χ4n) is 1.67. The first-order valence-electron chi connectivity index (χ1n) is 5.87. The lowest BCUT2D eigenvalue weighted by molar-refractivity contribution is 0.564. The molecule has 4 nitrogen and oxygen atoms in total. The molecule has 102 valence electrons. The molecule has 0 spiro atoms. The normalized spacial score (nSPS) is 13.4. The maximum Gasteiger partial charge on any atom is 0.175 e. The van der Waals surface area contributed by atoms with Crippen molar-refractivity contribution in [3.8, 4) is 0 Å². The van der Waals surface area contributed by atoms with E-state index in [1.54, 1.807) is 23.5 Å². The smallest absolute Gasteiger partial charge is 0.175 e. The molecule has 6 heteroatoms. The van der Waals surface area contributed by atoms with Crippen molar-refractivity contribution in [3.05, 3.63) is 46.4 Å². The predicted octanol–water partition coefficient (Wildman–Crippen LogP) is 2.40. The zero-order valence-corrected chi connectivity index (χ0v) is 12.5. The van der Waals surface area contributed by atoms with Crippen molar-refractivity contribution in [1.82, 2.24) is 10.3 Å². The van der Waals surface area contributed by atoms with Crippen molar-refractivity contribution in [2.75, 3.05) is 6.26 Å². The number of aromatic nitrogens is 1. The molecule has 19 heavy (non-hydrogen) atoms. The molecule has 1 aromatic heterocycles. The van der Waals surface area contributed by atoms with Crippen molar-refractivity contribution in [2.24, 2.45) is 0 Å². The fourth-order valence-corrected chi connectivity index (χ4v) is 2.94. The molecule has 1 unspecified atom stereocenters. The number of nitrogens with zero attached hydrogens (tertiary/aromatic N) is 1. The molecule has 0 aliphatic carbocycles. The first-order valence-corrected chi connectivity index (χ1v) is 8.70. The summed E-state index contributed by atoms with van der Waals surface area (Å²) in [6.45, 7) is 2.74. The van der Waals surface area contributed by atoms with Crippen LogP contribution in [-0.2, 0) is 16.4 Å². The van der Waals surface area contributed by atoms with Crippen LogP contribution >= 0.6 is 11.3 Å². The Morgan fingerprint density at radius 2 is 2.00 bits per heavy atom. The molecule has 0 radical (unpaired) electrons. The van der Waals surface area contributed by atoms with E-state index in [1.165, 1.54) is 6.26 Å². The van der Waals surface area contributed by atoms with Crippen molar-refractivity contribution in [3.63, 3.8) is 0 Å². The van der Waals surface area contributed by atoms with E-state index in [4.69, 9.17) is 0 Å². The summed E-state index contributed by atoms with van der Waals surface area (Å²) < 4.78 is 22.7. The van der Waals surface area contributed by atoms with Crippen LogP contribution in [0.3, 0.4) is 0 Å². The molecular weight excluding hydrogens is 280 g/mol. The van der Waals surface area contributed by atoms with Crippen LogP contribution in [0.4, 0.5) is 0 Å². The van der Waals surface area contributed by atoms with E-state index in [0.29, 0.717) is 11.4 Å². The van der Waals surface area contributed by atoms with Gasteiger partial charge in [0.05, 0.1) is 16.1 Å². The molecule has 0 saturated heterocycles. The highest BCUT2D eigenvalue weighted by Gasteiger charge is 2.08. The van der Waals surface area contributed by atoms with Gasteiger partial charge in [-0.1, -0.05) is 12.1 Å². The highest BCUT2D eigenvalue weighted by Crippen LogP contribution is 2.14. The second-order valence-corrected chi connectivity index (χ2v) is 7.17. The molecule has 0 bridgehead atoms. The largest absolute Gasteiger partial charge is 0.305 e. The molecule has 0 saturated carbocycles. The third-order valence-corrected chi connectivity index (χ3v) is 4.59. The molecule has 1 atom stereocenters. The highest BCUT2D eigenvalue weighted by atomic mass is 32.2. The van der Waals surface area contributed by atoms with Gasteiger partial charge in [-0.2, -0.15) is 0 Å². The summed E-state index contributed by atoms with van der Waals surface area (Å²) in [5, 5.41) is 5.37. The minimum absolute atomic E-state index is 0.181. The molecule has 2 aromatic rings. The summed E-state index contributed by atoms with van der Waals surface area (Å²) in [6.07, 6.45) is 1.21. The Morgan fingerprint density at radius 1 is 1.32 bits per heavy atom. The van der Waals surface area contributed by atoms with E-state index in [0.717, 1.165) is 11.3 Å². The Hall–Kier alpha value is -1.24. The molecule has 0 fully saturated rings. The monoisotopic (exact) mass is 296 g/mol. The average molecular weight is 296 g/mol. The average Bonchev–Trinajstić information content (AvgIpc) is 2.89. The van der Waals surface area contributed by atoms with E-state index in [-0.39, 0.29) is 6.04 Å². The molecule has 2 rings (SSSR count). The van der Waals surface area contributed by atoms with Gasteiger partial charge in [0.2, 0.25) is 0 Å². The van der Waals surface area contributed by atoms with Crippen molar-refractivity contribution < 1.29 is 8.42 Å². The quantitative estimate of drug-likeness (QED) is 0.920. The third-order valence-electron chi connectivity index (χ3n) is 2.86. The third kappa shape index (κ3) is 3.86. The van der Waals surface area contributed by atoms with Crippen LogP contribution < -0.4 is 5.32 Å². The number of rotatable bonds is 5. The van der Waals surface area contributed by atoms with Gasteiger partial charge in [0, 0.05) is 24.2 Å². The maximum atomic E-state index is 11.3. The van der Waals surface area contributed by atoms with Gasteiger partial charge < -0.3 is 5.32 Å². The summed E-state index contributed by atoms with van der Waals surface area (Å²) in [5.74, 6) is 0. The standard InChI is InChI=1S/C13H16N2O2S2/c1-10(13-8-18-9-15-13)14-7-11-3-5-12(6-4-11)19(2,16)17/h3-6,8-10,14H,7H2,1-2H3. The second-order valence-electron chi connectivity index (χ2n) is 4.43. The van der Waals surface area contributed by atoms with E-state index in [1.807, 2.05) is 23.0 Å². The molecule has 1 heterocycles. The van der Waals surface area contributed by atoms with Gasteiger partial charge in [-0.3, -0.25) is 0 Å². The zero-order chi connectivity index (χ0) is 13.9. The van der Waals surface area contributed by atoms with Crippen LogP contribution in [-0.4, -0.2) is 19.7 Å². The molecular formula is C13H16N2O2S2. The number of benzene rings is 1. The van der Waals surface area contributed by atoms with Crippen LogP contribution in [0.15, 0.2) is 40.1 Å². The number of nitrogens with one attached hydrogen (secondary N) is 1. The lowest BCUT2D eigenvalue weighted by atomic mass is 10.2. The fraction of sp³-hybridized carbons (Fsp3) is 0.308. The van der Waals surface area contributed by atoms with Crippen molar-refractivity contribution >= 4 is 21.2 Å². The lowest BCUT2D eigenvalue weighted by Gasteiger charge is -2.11. The van der Waals surface area contributed by atoms with Crippen LogP contribution in [0.1, 0.15) is 24.2 Å². The van der Waals surface area contributed by atoms with E-state index < -0.39 is 9.84 Å².